The van der Waals surface area contributed by atoms with Crippen LogP contribution in [0.1, 0.15) is 18.4 Å². The van der Waals surface area contributed by atoms with Crippen molar-refractivity contribution >= 4 is 23.3 Å². The van der Waals surface area contributed by atoms with E-state index in [0.29, 0.717) is 18.7 Å². The summed E-state index contributed by atoms with van der Waals surface area (Å²) < 4.78 is 13.4. The first-order chi connectivity index (χ1) is 11.5. The zero-order chi connectivity index (χ0) is 17.5. The maximum Gasteiger partial charge on any atom is 0.287 e. The number of benzene rings is 1. The van der Waals surface area contributed by atoms with Crippen molar-refractivity contribution in [3.63, 3.8) is 0 Å². The molecule has 1 unspecified atom stereocenters. The number of carbonyl (C=O) groups is 2. The van der Waals surface area contributed by atoms with Gasteiger partial charge in [-0.3, -0.25) is 9.59 Å². The molecule has 1 aliphatic heterocycles. The van der Waals surface area contributed by atoms with E-state index in [9.17, 15) is 14.0 Å². The highest BCUT2D eigenvalue weighted by atomic mass is 35.5. The lowest BCUT2D eigenvalue weighted by Crippen LogP contribution is -2.43. The lowest BCUT2D eigenvalue weighted by molar-refractivity contribution is -0.137. The Morgan fingerprint density at radius 2 is 2.21 bits per heavy atom. The molecule has 132 valence electrons. The summed E-state index contributed by atoms with van der Waals surface area (Å²) in [6, 6.07) is 4.07. The number of piperidine rings is 1. The number of nitrogens with one attached hydrogen (secondary N) is 1. The van der Waals surface area contributed by atoms with Crippen molar-refractivity contribution in [3.05, 3.63) is 34.6 Å². The molecule has 24 heavy (non-hydrogen) atoms. The van der Waals surface area contributed by atoms with E-state index in [0.717, 1.165) is 25.9 Å². The van der Waals surface area contributed by atoms with Crippen molar-refractivity contribution in [1.82, 2.24) is 10.2 Å². The normalized spacial score (nSPS) is 18.4. The summed E-state index contributed by atoms with van der Waals surface area (Å²) in [5.74, 6) is -1.58. The topological polar surface area (TPSA) is 69.6 Å². The van der Waals surface area contributed by atoms with Crippen molar-refractivity contribution in [1.29, 1.82) is 0 Å². The molecule has 0 aromatic heterocycles. The number of nitrogens with zero attached hydrogens (tertiary/aromatic N) is 1. The van der Waals surface area contributed by atoms with Gasteiger partial charge in [0.15, 0.2) is 0 Å². The number of aliphatic hydroxyl groups excluding tert-OH is 1. The number of β-amino-alcohol motifs (C(OH)–C–C–N with tert-alkyl or cyclic N) is 1. The van der Waals surface area contributed by atoms with Gasteiger partial charge in [-0.05, 0) is 43.0 Å². The highest BCUT2D eigenvalue weighted by Gasteiger charge is 2.21. The zero-order valence-electron chi connectivity index (χ0n) is 13.4. The van der Waals surface area contributed by atoms with Gasteiger partial charge in [-0.15, -0.1) is 0 Å². The predicted octanol–water partition coefficient (Wildman–Crippen LogP) is 1.41. The van der Waals surface area contributed by atoms with Crippen LogP contribution in [-0.4, -0.2) is 54.5 Å². The Balaban J connectivity index is 1.79. The van der Waals surface area contributed by atoms with Gasteiger partial charge in [-0.1, -0.05) is 17.7 Å². The van der Waals surface area contributed by atoms with E-state index >= 15 is 0 Å². The van der Waals surface area contributed by atoms with Crippen LogP contribution in [0.5, 0.6) is 0 Å². The number of likely N-dealkylation sites (tertiary alicyclic amines) is 1. The summed E-state index contributed by atoms with van der Waals surface area (Å²) >= 11 is 5.59. The maximum absolute atomic E-state index is 13.4. The predicted molar refractivity (Wildman–Crippen MR) is 89.4 cm³/mol. The van der Waals surface area contributed by atoms with E-state index < -0.39 is 17.5 Å². The molecule has 0 bridgehead atoms. The molecule has 7 heteroatoms. The van der Waals surface area contributed by atoms with E-state index in [4.69, 9.17) is 16.7 Å². The lowest BCUT2D eigenvalue weighted by atomic mass is 9.98. The first-order valence-corrected chi connectivity index (χ1v) is 8.45. The molecule has 2 N–H and O–H groups in total. The van der Waals surface area contributed by atoms with E-state index in [1.807, 2.05) is 0 Å². The largest absolute Gasteiger partial charge is 0.395 e. The molecule has 1 aliphatic rings. The van der Waals surface area contributed by atoms with Crippen LogP contribution < -0.4 is 5.32 Å². The molecule has 1 amide bonds. The van der Waals surface area contributed by atoms with Gasteiger partial charge in [0, 0.05) is 26.1 Å². The Hall–Kier alpha value is -1.50. The minimum absolute atomic E-state index is 0.0135. The van der Waals surface area contributed by atoms with Gasteiger partial charge >= 0.3 is 0 Å². The highest BCUT2D eigenvalue weighted by Crippen LogP contribution is 2.17. The molecule has 0 saturated carbocycles. The number of hydrogen-bond acceptors (Lipinski definition) is 4. The summed E-state index contributed by atoms with van der Waals surface area (Å²) in [6.45, 7) is 2.94. The summed E-state index contributed by atoms with van der Waals surface area (Å²) in [6.07, 6.45) is 1.85. The molecule has 5 nitrogen and oxygen atoms in total. The first-order valence-electron chi connectivity index (χ1n) is 8.07. The number of Topliss-reactive ketones (excluding diaryl/α,β-unsaturated/α-hetero) is 1. The van der Waals surface area contributed by atoms with Crippen LogP contribution in [0.15, 0.2) is 18.2 Å². The number of ketones is 1. The standard InChI is InChI=1S/C17H22ClFN2O3/c18-14-4-3-12(8-15(14)19)9-16(23)17(24)20-10-13-2-1-5-21(11-13)6-7-22/h3-4,8,13,22H,1-2,5-7,9-11H2,(H,20,24). The van der Waals surface area contributed by atoms with Gasteiger partial charge in [0.25, 0.3) is 5.91 Å². The SMILES string of the molecule is O=C(Cc1ccc(Cl)c(F)c1)C(=O)NCC1CCCN(CCO)C1. The summed E-state index contributed by atoms with van der Waals surface area (Å²) in [7, 11) is 0. The minimum atomic E-state index is -0.648. The van der Waals surface area contributed by atoms with Crippen LogP contribution in [-0.2, 0) is 16.0 Å². The molecule has 0 radical (unpaired) electrons. The van der Waals surface area contributed by atoms with Crippen molar-refractivity contribution in [2.24, 2.45) is 5.92 Å². The number of hydrogen-bond donors (Lipinski definition) is 2. The van der Waals surface area contributed by atoms with Gasteiger partial charge in [0.05, 0.1) is 11.6 Å². The van der Waals surface area contributed by atoms with Crippen molar-refractivity contribution < 1.29 is 19.1 Å². The molecular formula is C17H22ClFN2O3. The summed E-state index contributed by atoms with van der Waals surface area (Å²) in [4.78, 5) is 26.0. The van der Waals surface area contributed by atoms with Crippen molar-refractivity contribution in [2.45, 2.75) is 19.3 Å². The van der Waals surface area contributed by atoms with Crippen molar-refractivity contribution in [2.75, 3.05) is 32.8 Å². The molecule has 1 saturated heterocycles. The molecule has 1 atom stereocenters. The Labute approximate surface area is 145 Å². The van der Waals surface area contributed by atoms with Crippen molar-refractivity contribution in [3.8, 4) is 0 Å². The van der Waals surface area contributed by atoms with E-state index in [1.165, 1.54) is 18.2 Å². The number of aliphatic hydroxyl groups is 1. The van der Waals surface area contributed by atoms with E-state index in [2.05, 4.69) is 10.2 Å². The average molecular weight is 357 g/mol. The second-order valence-corrected chi connectivity index (χ2v) is 6.50. The molecule has 0 aliphatic carbocycles. The molecule has 0 spiro atoms. The monoisotopic (exact) mass is 356 g/mol. The zero-order valence-corrected chi connectivity index (χ0v) is 14.2. The Morgan fingerprint density at radius 1 is 1.42 bits per heavy atom. The summed E-state index contributed by atoms with van der Waals surface area (Å²) in [5, 5.41) is 11.6. The van der Waals surface area contributed by atoms with Gasteiger partial charge in [-0.2, -0.15) is 0 Å². The minimum Gasteiger partial charge on any atom is -0.395 e. The van der Waals surface area contributed by atoms with Gasteiger partial charge in [0.2, 0.25) is 5.78 Å². The van der Waals surface area contributed by atoms with E-state index in [1.54, 1.807) is 0 Å². The van der Waals surface area contributed by atoms with Crippen LogP contribution in [0.3, 0.4) is 0 Å². The molecule has 1 aromatic carbocycles. The maximum atomic E-state index is 13.4. The van der Waals surface area contributed by atoms with Gasteiger partial charge in [-0.25, -0.2) is 4.39 Å². The van der Waals surface area contributed by atoms with Crippen LogP contribution in [0.4, 0.5) is 4.39 Å². The van der Waals surface area contributed by atoms with Crippen LogP contribution >= 0.6 is 11.6 Å². The fraction of sp³-hybridized carbons (Fsp3) is 0.529. The van der Waals surface area contributed by atoms with E-state index in [-0.39, 0.29) is 24.0 Å². The Kier molecular flexibility index (Phi) is 7.15. The number of halogens is 2. The molecule has 1 aromatic rings. The quantitative estimate of drug-likeness (QED) is 0.725. The van der Waals surface area contributed by atoms with Crippen LogP contribution in [0.25, 0.3) is 0 Å². The Morgan fingerprint density at radius 3 is 2.92 bits per heavy atom. The second kappa shape index (κ2) is 9.11. The summed E-state index contributed by atoms with van der Waals surface area (Å²) in [5.41, 5.74) is 0.420. The molecule has 2 rings (SSSR count). The third-order valence-electron chi connectivity index (χ3n) is 4.17. The number of carbonyl (C=O) groups excluding carboxylic acids is 2. The fourth-order valence-electron chi connectivity index (χ4n) is 2.91. The fourth-order valence-corrected chi connectivity index (χ4v) is 3.03. The number of rotatable bonds is 7. The highest BCUT2D eigenvalue weighted by molar-refractivity contribution is 6.36. The second-order valence-electron chi connectivity index (χ2n) is 6.09. The number of amides is 1. The smallest absolute Gasteiger partial charge is 0.287 e. The first kappa shape index (κ1) is 18.8. The lowest BCUT2D eigenvalue weighted by Gasteiger charge is -2.32. The Bertz CT molecular complexity index is 595. The molecule has 1 heterocycles. The average Bonchev–Trinajstić information content (AvgIpc) is 2.56. The third kappa shape index (κ3) is 5.54. The van der Waals surface area contributed by atoms with Crippen LogP contribution in [0, 0.1) is 11.7 Å². The third-order valence-corrected chi connectivity index (χ3v) is 4.48. The van der Waals surface area contributed by atoms with Gasteiger partial charge in [0.1, 0.15) is 5.82 Å². The van der Waals surface area contributed by atoms with Crippen LogP contribution in [0.2, 0.25) is 5.02 Å². The molecule has 1 fully saturated rings. The molecular weight excluding hydrogens is 335 g/mol. The van der Waals surface area contributed by atoms with Gasteiger partial charge < -0.3 is 15.3 Å².